The van der Waals surface area contributed by atoms with Crippen LogP contribution in [-0.2, 0) is 9.47 Å². The van der Waals surface area contributed by atoms with Crippen molar-refractivity contribution in [2.24, 2.45) is 0 Å². The van der Waals surface area contributed by atoms with Crippen LogP contribution in [0.25, 0.3) is 0 Å². The van der Waals surface area contributed by atoms with Gasteiger partial charge in [0.1, 0.15) is 0 Å². The maximum absolute atomic E-state index is 12.2. The van der Waals surface area contributed by atoms with Crippen LogP contribution in [0.4, 0.5) is 0 Å². The van der Waals surface area contributed by atoms with E-state index in [1.54, 1.807) is 11.3 Å². The lowest BCUT2D eigenvalue weighted by Gasteiger charge is -2.22. The maximum atomic E-state index is 12.2. The molecule has 1 N–H and O–H groups in total. The normalized spacial score (nSPS) is 24.5. The summed E-state index contributed by atoms with van der Waals surface area (Å²) in [5, 5.41) is 3.09. The molecule has 5 heteroatoms. The van der Waals surface area contributed by atoms with Gasteiger partial charge in [0.25, 0.3) is 5.91 Å². The van der Waals surface area contributed by atoms with Crippen LogP contribution in [0.1, 0.15) is 46.3 Å². The number of carbonyl (C=O) groups is 1. The molecule has 0 spiro atoms. The molecule has 3 heterocycles. The van der Waals surface area contributed by atoms with E-state index in [2.05, 4.69) is 5.32 Å². The topological polar surface area (TPSA) is 47.6 Å². The molecule has 19 heavy (non-hydrogen) atoms. The summed E-state index contributed by atoms with van der Waals surface area (Å²) < 4.78 is 10.9. The zero-order valence-electron chi connectivity index (χ0n) is 10.9. The molecule has 2 saturated heterocycles. The van der Waals surface area contributed by atoms with Crippen LogP contribution in [0.15, 0.2) is 12.1 Å². The molecule has 2 aliphatic rings. The Morgan fingerprint density at radius 1 is 1.21 bits per heavy atom. The Hall–Kier alpha value is -0.910. The molecule has 0 saturated carbocycles. The number of hydrogen-bond donors (Lipinski definition) is 1. The zero-order chi connectivity index (χ0) is 13.1. The summed E-state index contributed by atoms with van der Waals surface area (Å²) in [6.07, 6.45) is 4.22. The van der Waals surface area contributed by atoms with E-state index in [0.717, 1.165) is 50.4 Å². The summed E-state index contributed by atoms with van der Waals surface area (Å²) >= 11 is 1.56. The van der Waals surface area contributed by atoms with Crippen molar-refractivity contribution in [3.63, 3.8) is 0 Å². The molecular weight excluding hydrogens is 262 g/mol. The maximum Gasteiger partial charge on any atom is 0.261 e. The molecule has 4 nitrogen and oxygen atoms in total. The van der Waals surface area contributed by atoms with E-state index in [0.29, 0.717) is 0 Å². The molecule has 2 fully saturated rings. The van der Waals surface area contributed by atoms with Gasteiger partial charge in [-0.15, -0.1) is 11.3 Å². The Bertz CT molecular complexity index is 434. The van der Waals surface area contributed by atoms with Gasteiger partial charge in [0, 0.05) is 30.7 Å². The van der Waals surface area contributed by atoms with Crippen molar-refractivity contribution in [2.75, 3.05) is 19.8 Å². The van der Waals surface area contributed by atoms with Crippen LogP contribution in [0.2, 0.25) is 0 Å². The first-order valence-corrected chi connectivity index (χ1v) is 7.74. The lowest BCUT2D eigenvalue weighted by Crippen LogP contribution is -2.38. The van der Waals surface area contributed by atoms with E-state index in [-0.39, 0.29) is 18.1 Å². The summed E-state index contributed by atoms with van der Waals surface area (Å²) in [7, 11) is 0. The third kappa shape index (κ3) is 3.16. The van der Waals surface area contributed by atoms with Crippen molar-refractivity contribution in [1.29, 1.82) is 0 Å². The predicted molar refractivity (Wildman–Crippen MR) is 73.6 cm³/mol. The Morgan fingerprint density at radius 2 is 2.05 bits per heavy atom. The van der Waals surface area contributed by atoms with E-state index in [1.807, 2.05) is 12.1 Å². The number of hydrogen-bond acceptors (Lipinski definition) is 4. The summed E-state index contributed by atoms with van der Waals surface area (Å²) in [5.74, 6) is 0.0427. The van der Waals surface area contributed by atoms with Crippen LogP contribution in [0.3, 0.4) is 0 Å². The number of carbonyl (C=O) groups excluding carboxylic acids is 1. The highest BCUT2D eigenvalue weighted by molar-refractivity contribution is 7.14. The van der Waals surface area contributed by atoms with Crippen molar-refractivity contribution < 1.29 is 14.3 Å². The molecule has 104 valence electrons. The van der Waals surface area contributed by atoms with Gasteiger partial charge in [0.05, 0.1) is 11.0 Å². The molecule has 0 bridgehead atoms. The average Bonchev–Trinajstić information content (AvgIpc) is 3.11. The minimum Gasteiger partial charge on any atom is -0.381 e. The highest BCUT2D eigenvalue weighted by atomic mass is 32.1. The fraction of sp³-hybridized carbons (Fsp3) is 0.643. The van der Waals surface area contributed by atoms with E-state index in [4.69, 9.17) is 9.47 Å². The van der Waals surface area contributed by atoms with Gasteiger partial charge in [-0.05, 0) is 37.8 Å². The minimum atomic E-state index is 0.0427. The summed E-state index contributed by atoms with van der Waals surface area (Å²) in [6.45, 7) is 2.33. The number of rotatable bonds is 3. The second kappa shape index (κ2) is 6.03. The highest BCUT2D eigenvalue weighted by Crippen LogP contribution is 2.33. The second-order valence-electron chi connectivity index (χ2n) is 5.06. The van der Waals surface area contributed by atoms with Gasteiger partial charge in [-0.25, -0.2) is 0 Å². The fourth-order valence-electron chi connectivity index (χ4n) is 2.55. The second-order valence-corrected chi connectivity index (χ2v) is 6.18. The Morgan fingerprint density at radius 3 is 2.79 bits per heavy atom. The van der Waals surface area contributed by atoms with Gasteiger partial charge in [0.2, 0.25) is 0 Å². The monoisotopic (exact) mass is 281 g/mol. The van der Waals surface area contributed by atoms with Gasteiger partial charge in [-0.2, -0.15) is 0 Å². The summed E-state index contributed by atoms with van der Waals surface area (Å²) in [5.41, 5.74) is 0. The lowest BCUT2D eigenvalue weighted by molar-refractivity contribution is 0.0698. The van der Waals surface area contributed by atoms with Crippen LogP contribution in [0, 0.1) is 0 Å². The largest absolute Gasteiger partial charge is 0.381 e. The minimum absolute atomic E-state index is 0.0427. The fourth-order valence-corrected chi connectivity index (χ4v) is 3.54. The first-order valence-electron chi connectivity index (χ1n) is 6.93. The van der Waals surface area contributed by atoms with Crippen LogP contribution in [0.5, 0.6) is 0 Å². The van der Waals surface area contributed by atoms with Crippen molar-refractivity contribution in [3.05, 3.63) is 21.9 Å². The van der Waals surface area contributed by atoms with E-state index in [1.165, 1.54) is 4.88 Å². The first kappa shape index (κ1) is 13.1. The molecule has 1 aromatic rings. The SMILES string of the molecule is O=C(NC1CCOCC1)c1ccc([C@@H]2CCCO2)s1. The van der Waals surface area contributed by atoms with Crippen LogP contribution < -0.4 is 5.32 Å². The number of nitrogens with one attached hydrogen (secondary N) is 1. The summed E-state index contributed by atoms with van der Waals surface area (Å²) in [4.78, 5) is 14.1. The van der Waals surface area contributed by atoms with Crippen molar-refractivity contribution in [2.45, 2.75) is 37.8 Å². The van der Waals surface area contributed by atoms with Gasteiger partial charge < -0.3 is 14.8 Å². The molecule has 1 aromatic heterocycles. The first-order chi connectivity index (χ1) is 9.33. The highest BCUT2D eigenvalue weighted by Gasteiger charge is 2.22. The number of thiophene rings is 1. The molecule has 0 aromatic carbocycles. The Balaban J connectivity index is 1.59. The number of amides is 1. The molecule has 0 radical (unpaired) electrons. The average molecular weight is 281 g/mol. The predicted octanol–water partition coefficient (Wildman–Crippen LogP) is 2.51. The summed E-state index contributed by atoms with van der Waals surface area (Å²) in [6, 6.07) is 4.20. The van der Waals surface area contributed by atoms with Gasteiger partial charge >= 0.3 is 0 Å². The molecule has 0 aliphatic carbocycles. The molecule has 1 amide bonds. The molecule has 2 aliphatic heterocycles. The van der Waals surface area contributed by atoms with Crippen molar-refractivity contribution in [1.82, 2.24) is 5.32 Å². The van der Waals surface area contributed by atoms with Crippen LogP contribution >= 0.6 is 11.3 Å². The van der Waals surface area contributed by atoms with Crippen molar-refractivity contribution >= 4 is 17.2 Å². The Labute approximate surface area is 117 Å². The molecule has 1 atom stereocenters. The third-order valence-corrected chi connectivity index (χ3v) is 4.83. The molecule has 0 unspecified atom stereocenters. The third-order valence-electron chi connectivity index (χ3n) is 3.65. The molecular formula is C14H19NO3S. The smallest absolute Gasteiger partial charge is 0.261 e. The number of ether oxygens (including phenoxy) is 2. The van der Waals surface area contributed by atoms with Crippen molar-refractivity contribution in [3.8, 4) is 0 Å². The molecule has 3 rings (SSSR count). The Kier molecular flexibility index (Phi) is 4.15. The van der Waals surface area contributed by atoms with Crippen LogP contribution in [-0.4, -0.2) is 31.8 Å². The van der Waals surface area contributed by atoms with E-state index >= 15 is 0 Å². The van der Waals surface area contributed by atoms with Gasteiger partial charge in [0.15, 0.2) is 0 Å². The van der Waals surface area contributed by atoms with E-state index < -0.39 is 0 Å². The van der Waals surface area contributed by atoms with Gasteiger partial charge in [-0.1, -0.05) is 0 Å². The lowest BCUT2D eigenvalue weighted by atomic mass is 10.1. The van der Waals surface area contributed by atoms with Gasteiger partial charge in [-0.3, -0.25) is 4.79 Å². The van der Waals surface area contributed by atoms with E-state index in [9.17, 15) is 4.79 Å². The zero-order valence-corrected chi connectivity index (χ0v) is 11.7. The quantitative estimate of drug-likeness (QED) is 0.926. The standard InChI is InChI=1S/C14H19NO3S/c16-14(15-10-5-8-17-9-6-10)13-4-3-12(19-13)11-2-1-7-18-11/h3-4,10-11H,1-2,5-9H2,(H,15,16)/t11-/m0/s1.